The smallest absolute Gasteiger partial charge is 0.163 e. The topological polar surface area (TPSA) is 38.7 Å². The van der Waals surface area contributed by atoms with Crippen LogP contribution in [0.15, 0.2) is 54.9 Å². The van der Waals surface area contributed by atoms with Gasteiger partial charge in [-0.1, -0.05) is 48.6 Å². The zero-order chi connectivity index (χ0) is 12.2. The van der Waals surface area contributed by atoms with Crippen molar-refractivity contribution in [3.8, 4) is 11.4 Å². The molecule has 1 aromatic heterocycles. The fourth-order valence-corrected chi connectivity index (χ4v) is 1.97. The van der Waals surface area contributed by atoms with Gasteiger partial charge in [-0.3, -0.25) is 0 Å². The van der Waals surface area contributed by atoms with Crippen molar-refractivity contribution in [1.82, 2.24) is 15.0 Å². The molecular weight excluding hydrogens is 222 g/mol. The maximum atomic E-state index is 4.54. The molecule has 1 heterocycles. The Hall–Kier alpha value is -2.29. The summed E-state index contributed by atoms with van der Waals surface area (Å²) >= 11 is 0. The van der Waals surface area contributed by atoms with Crippen LogP contribution < -0.4 is 0 Å². The summed E-state index contributed by atoms with van der Waals surface area (Å²) in [5.74, 6) is 1.52. The molecular formula is C15H13N3. The van der Waals surface area contributed by atoms with E-state index in [4.69, 9.17) is 0 Å². The van der Waals surface area contributed by atoms with E-state index in [9.17, 15) is 0 Å². The summed E-state index contributed by atoms with van der Waals surface area (Å²) in [5, 5.41) is 0. The average Bonchev–Trinajstić information content (AvgIpc) is 2.49. The number of aromatic nitrogens is 3. The summed E-state index contributed by atoms with van der Waals surface area (Å²) in [6.07, 6.45) is 9.93. The van der Waals surface area contributed by atoms with Crippen LogP contribution in [-0.2, 0) is 0 Å². The maximum Gasteiger partial charge on any atom is 0.163 e. The minimum atomic E-state index is 0.732. The molecule has 0 N–H and O–H groups in total. The summed E-state index contributed by atoms with van der Waals surface area (Å²) in [5.41, 5.74) is 2.20. The monoisotopic (exact) mass is 235 g/mol. The van der Waals surface area contributed by atoms with Crippen molar-refractivity contribution in [2.45, 2.75) is 12.8 Å². The van der Waals surface area contributed by atoms with Crippen molar-refractivity contribution in [2.75, 3.05) is 0 Å². The van der Waals surface area contributed by atoms with Gasteiger partial charge in [-0.15, -0.1) is 0 Å². The van der Waals surface area contributed by atoms with E-state index in [-0.39, 0.29) is 0 Å². The molecule has 0 aliphatic heterocycles. The van der Waals surface area contributed by atoms with Crippen LogP contribution in [0.5, 0.6) is 0 Å². The number of allylic oxidation sites excluding steroid dienone is 4. The van der Waals surface area contributed by atoms with E-state index in [1.165, 1.54) is 5.57 Å². The lowest BCUT2D eigenvalue weighted by Gasteiger charge is -2.08. The number of nitrogens with zero attached hydrogens (tertiary/aromatic N) is 3. The Kier molecular flexibility index (Phi) is 2.96. The van der Waals surface area contributed by atoms with Crippen molar-refractivity contribution in [3.05, 3.63) is 60.7 Å². The van der Waals surface area contributed by atoms with E-state index < -0.39 is 0 Å². The Morgan fingerprint density at radius 1 is 0.944 bits per heavy atom. The van der Waals surface area contributed by atoms with Crippen molar-refractivity contribution in [2.24, 2.45) is 0 Å². The maximum absolute atomic E-state index is 4.54. The molecule has 1 aliphatic carbocycles. The first-order chi connectivity index (χ1) is 8.93. The van der Waals surface area contributed by atoms with Crippen LogP contribution in [0, 0.1) is 0 Å². The van der Waals surface area contributed by atoms with Gasteiger partial charge >= 0.3 is 0 Å². The SMILES string of the molecule is C1=CCCC(c2ncnc(-c3ccccc3)n2)=C1. The number of hydrogen-bond donors (Lipinski definition) is 0. The molecule has 18 heavy (non-hydrogen) atoms. The van der Waals surface area contributed by atoms with Crippen molar-refractivity contribution in [3.63, 3.8) is 0 Å². The molecule has 0 radical (unpaired) electrons. The van der Waals surface area contributed by atoms with E-state index in [0.717, 1.165) is 30.1 Å². The molecule has 3 rings (SSSR count). The highest BCUT2D eigenvalue weighted by Gasteiger charge is 2.08. The number of benzene rings is 1. The normalized spacial score (nSPS) is 14.3. The second-order valence-electron chi connectivity index (χ2n) is 4.16. The highest BCUT2D eigenvalue weighted by Crippen LogP contribution is 2.21. The first-order valence-corrected chi connectivity index (χ1v) is 6.04. The molecule has 1 aromatic carbocycles. The second-order valence-corrected chi connectivity index (χ2v) is 4.16. The fourth-order valence-electron chi connectivity index (χ4n) is 1.97. The lowest BCUT2D eigenvalue weighted by atomic mass is 10.0. The van der Waals surface area contributed by atoms with Crippen molar-refractivity contribution >= 4 is 5.57 Å². The van der Waals surface area contributed by atoms with Gasteiger partial charge in [-0.05, 0) is 18.4 Å². The van der Waals surface area contributed by atoms with Gasteiger partial charge in [0.2, 0.25) is 0 Å². The Labute approximate surface area is 106 Å². The Morgan fingerprint density at radius 3 is 2.56 bits per heavy atom. The zero-order valence-corrected chi connectivity index (χ0v) is 9.95. The van der Waals surface area contributed by atoms with Crippen LogP contribution in [0.4, 0.5) is 0 Å². The third-order valence-electron chi connectivity index (χ3n) is 2.90. The molecule has 0 fully saturated rings. The molecule has 88 valence electrons. The molecule has 0 unspecified atom stereocenters. The summed E-state index contributed by atoms with van der Waals surface area (Å²) < 4.78 is 0. The first-order valence-electron chi connectivity index (χ1n) is 6.04. The summed E-state index contributed by atoms with van der Waals surface area (Å²) in [6, 6.07) is 9.98. The third kappa shape index (κ3) is 2.20. The molecule has 3 nitrogen and oxygen atoms in total. The summed E-state index contributed by atoms with van der Waals surface area (Å²) in [7, 11) is 0. The van der Waals surface area contributed by atoms with Crippen LogP contribution in [0.3, 0.4) is 0 Å². The predicted molar refractivity (Wildman–Crippen MR) is 71.6 cm³/mol. The molecule has 0 bridgehead atoms. The highest BCUT2D eigenvalue weighted by molar-refractivity contribution is 5.64. The molecule has 0 saturated heterocycles. The Bertz CT molecular complexity index is 600. The van der Waals surface area contributed by atoms with Gasteiger partial charge in [0.25, 0.3) is 0 Å². The third-order valence-corrected chi connectivity index (χ3v) is 2.90. The number of rotatable bonds is 2. The van der Waals surface area contributed by atoms with E-state index in [1.807, 2.05) is 30.3 Å². The summed E-state index contributed by atoms with van der Waals surface area (Å²) in [4.78, 5) is 13.0. The van der Waals surface area contributed by atoms with Crippen LogP contribution >= 0.6 is 0 Å². The van der Waals surface area contributed by atoms with E-state index >= 15 is 0 Å². The van der Waals surface area contributed by atoms with Gasteiger partial charge in [0.15, 0.2) is 11.6 Å². The first kappa shape index (κ1) is 10.8. The largest absolute Gasteiger partial charge is 0.217 e. The van der Waals surface area contributed by atoms with Crippen LogP contribution in [-0.4, -0.2) is 15.0 Å². The van der Waals surface area contributed by atoms with Crippen molar-refractivity contribution < 1.29 is 0 Å². The van der Waals surface area contributed by atoms with Gasteiger partial charge in [0.05, 0.1) is 0 Å². The quantitative estimate of drug-likeness (QED) is 0.801. The van der Waals surface area contributed by atoms with Crippen LogP contribution in [0.25, 0.3) is 17.0 Å². The second kappa shape index (κ2) is 4.92. The zero-order valence-electron chi connectivity index (χ0n) is 9.95. The predicted octanol–water partition coefficient (Wildman–Crippen LogP) is 3.27. The molecule has 3 heteroatoms. The summed E-state index contributed by atoms with van der Waals surface area (Å²) in [6.45, 7) is 0. The van der Waals surface area contributed by atoms with Gasteiger partial charge in [0, 0.05) is 5.56 Å². The van der Waals surface area contributed by atoms with Crippen molar-refractivity contribution in [1.29, 1.82) is 0 Å². The average molecular weight is 235 g/mol. The van der Waals surface area contributed by atoms with Gasteiger partial charge in [0.1, 0.15) is 6.33 Å². The Balaban J connectivity index is 1.99. The Morgan fingerprint density at radius 2 is 1.78 bits per heavy atom. The van der Waals surface area contributed by atoms with Crippen LogP contribution in [0.1, 0.15) is 18.7 Å². The van der Waals surface area contributed by atoms with E-state index in [0.29, 0.717) is 0 Å². The van der Waals surface area contributed by atoms with E-state index in [1.54, 1.807) is 6.33 Å². The lowest BCUT2D eigenvalue weighted by molar-refractivity contribution is 0.972. The molecule has 0 amide bonds. The minimum Gasteiger partial charge on any atom is -0.217 e. The number of hydrogen-bond acceptors (Lipinski definition) is 3. The van der Waals surface area contributed by atoms with Gasteiger partial charge < -0.3 is 0 Å². The highest BCUT2D eigenvalue weighted by atomic mass is 15.0. The molecule has 1 aliphatic rings. The standard InChI is InChI=1S/C15H13N3/c1-3-7-12(8-4-1)14-16-11-17-15(18-14)13-9-5-2-6-10-13/h1-5,7-9,11H,6,10H2. The molecule has 0 atom stereocenters. The lowest BCUT2D eigenvalue weighted by Crippen LogP contribution is -1.99. The molecule has 0 spiro atoms. The van der Waals surface area contributed by atoms with Crippen LogP contribution in [0.2, 0.25) is 0 Å². The van der Waals surface area contributed by atoms with E-state index in [2.05, 4.69) is 33.2 Å². The van der Waals surface area contributed by atoms with Gasteiger partial charge in [-0.2, -0.15) is 0 Å². The van der Waals surface area contributed by atoms with Gasteiger partial charge in [-0.25, -0.2) is 15.0 Å². The minimum absolute atomic E-state index is 0.732. The molecule has 0 saturated carbocycles. The molecule has 2 aromatic rings. The fraction of sp³-hybridized carbons (Fsp3) is 0.133.